The number of aromatic nitrogens is 6. The lowest BCUT2D eigenvalue weighted by Gasteiger charge is -2.33. The molecule has 1 atom stereocenters. The third kappa shape index (κ3) is 3.29. The van der Waals surface area contributed by atoms with Crippen LogP contribution in [0.1, 0.15) is 43.0 Å². The van der Waals surface area contributed by atoms with Crippen molar-refractivity contribution in [1.29, 1.82) is 0 Å². The van der Waals surface area contributed by atoms with Crippen molar-refractivity contribution in [3.05, 3.63) is 54.4 Å². The molecule has 4 rings (SSSR count). The summed E-state index contributed by atoms with van der Waals surface area (Å²) in [6, 6.07) is 1.98. The van der Waals surface area contributed by atoms with Gasteiger partial charge in [-0.05, 0) is 25.8 Å². The van der Waals surface area contributed by atoms with E-state index in [1.54, 1.807) is 6.20 Å². The summed E-state index contributed by atoms with van der Waals surface area (Å²) < 4.78 is 2.02. The van der Waals surface area contributed by atoms with Crippen molar-refractivity contribution in [1.82, 2.24) is 29.5 Å². The van der Waals surface area contributed by atoms with Crippen molar-refractivity contribution in [3.63, 3.8) is 0 Å². The molecule has 1 saturated heterocycles. The van der Waals surface area contributed by atoms with Gasteiger partial charge in [0.25, 0.3) is 0 Å². The molecule has 0 radical (unpaired) electrons. The van der Waals surface area contributed by atoms with Gasteiger partial charge in [0.05, 0.1) is 11.9 Å². The summed E-state index contributed by atoms with van der Waals surface area (Å²) in [7, 11) is 0. The number of hydrogen-bond donors (Lipinski definition) is 0. The van der Waals surface area contributed by atoms with Crippen molar-refractivity contribution in [2.24, 2.45) is 0 Å². The molecule has 4 heterocycles. The molecule has 26 heavy (non-hydrogen) atoms. The molecular weight excluding hydrogens is 326 g/mol. The first kappa shape index (κ1) is 16.6. The summed E-state index contributed by atoms with van der Waals surface area (Å²) >= 11 is 0. The Morgan fingerprint density at radius 2 is 2.04 bits per heavy atom. The molecule has 1 fully saturated rings. The van der Waals surface area contributed by atoms with Crippen LogP contribution in [0.25, 0.3) is 5.82 Å². The average Bonchev–Trinajstić information content (AvgIpc) is 3.17. The van der Waals surface area contributed by atoms with Crippen LogP contribution in [0.5, 0.6) is 0 Å². The van der Waals surface area contributed by atoms with Crippen molar-refractivity contribution in [2.45, 2.75) is 39.0 Å². The second-order valence-corrected chi connectivity index (χ2v) is 6.62. The van der Waals surface area contributed by atoms with Crippen LogP contribution >= 0.6 is 0 Å². The first-order chi connectivity index (χ1) is 12.7. The van der Waals surface area contributed by atoms with E-state index in [9.17, 15) is 0 Å². The third-order valence-electron chi connectivity index (χ3n) is 4.85. The van der Waals surface area contributed by atoms with Gasteiger partial charge in [-0.1, -0.05) is 6.92 Å². The molecule has 7 nitrogen and oxygen atoms in total. The van der Waals surface area contributed by atoms with Gasteiger partial charge in [-0.3, -0.25) is 9.55 Å². The minimum atomic E-state index is 0.347. The lowest BCUT2D eigenvalue weighted by atomic mass is 9.95. The fourth-order valence-corrected chi connectivity index (χ4v) is 3.53. The Labute approximate surface area is 153 Å². The first-order valence-electron chi connectivity index (χ1n) is 9.13. The minimum absolute atomic E-state index is 0.347. The molecular formula is C19H23N7. The molecule has 3 aromatic heterocycles. The number of piperidine rings is 1. The fraction of sp³-hybridized carbons (Fsp3) is 0.421. The predicted molar refractivity (Wildman–Crippen MR) is 99.5 cm³/mol. The highest BCUT2D eigenvalue weighted by molar-refractivity contribution is 5.39. The van der Waals surface area contributed by atoms with Gasteiger partial charge >= 0.3 is 0 Å². The van der Waals surface area contributed by atoms with Crippen molar-refractivity contribution in [2.75, 3.05) is 18.0 Å². The summed E-state index contributed by atoms with van der Waals surface area (Å²) in [5.41, 5.74) is 1.04. The van der Waals surface area contributed by atoms with E-state index in [0.717, 1.165) is 61.3 Å². The molecule has 0 amide bonds. The molecule has 0 N–H and O–H groups in total. The zero-order valence-electron chi connectivity index (χ0n) is 15.2. The molecule has 0 saturated carbocycles. The van der Waals surface area contributed by atoms with Gasteiger partial charge in [0.1, 0.15) is 17.5 Å². The van der Waals surface area contributed by atoms with E-state index in [1.807, 2.05) is 42.3 Å². The number of aryl methyl sites for hydroxylation is 2. The molecule has 134 valence electrons. The lowest BCUT2D eigenvalue weighted by molar-refractivity contribution is 0.496. The Morgan fingerprint density at radius 1 is 1.12 bits per heavy atom. The van der Waals surface area contributed by atoms with Crippen LogP contribution in [0.15, 0.2) is 37.1 Å². The summed E-state index contributed by atoms with van der Waals surface area (Å²) in [5, 5.41) is 0. The van der Waals surface area contributed by atoms with E-state index >= 15 is 0 Å². The third-order valence-corrected chi connectivity index (χ3v) is 4.85. The number of anilines is 1. The van der Waals surface area contributed by atoms with Crippen molar-refractivity contribution >= 4 is 5.82 Å². The molecule has 0 spiro atoms. The van der Waals surface area contributed by atoms with Gasteiger partial charge in [0, 0.05) is 50.2 Å². The Balaban J connectivity index is 1.58. The Morgan fingerprint density at radius 3 is 2.88 bits per heavy atom. The maximum Gasteiger partial charge on any atom is 0.156 e. The smallest absolute Gasteiger partial charge is 0.156 e. The highest BCUT2D eigenvalue weighted by Gasteiger charge is 2.24. The van der Waals surface area contributed by atoms with E-state index in [-0.39, 0.29) is 0 Å². The summed E-state index contributed by atoms with van der Waals surface area (Å²) in [4.78, 5) is 24.8. The minimum Gasteiger partial charge on any atom is -0.356 e. The number of nitrogens with zero attached hydrogens (tertiary/aromatic N) is 7. The number of imidazole rings is 1. The maximum absolute atomic E-state index is 4.89. The monoisotopic (exact) mass is 349 g/mol. The molecule has 0 unspecified atom stereocenters. The van der Waals surface area contributed by atoms with E-state index < -0.39 is 0 Å². The summed E-state index contributed by atoms with van der Waals surface area (Å²) in [6.07, 6.45) is 12.4. The van der Waals surface area contributed by atoms with Gasteiger partial charge < -0.3 is 4.90 Å². The van der Waals surface area contributed by atoms with Crippen LogP contribution in [0.3, 0.4) is 0 Å². The standard InChI is InChI=1S/C19H23N7/c1-3-17-22-8-10-26(17)19-12-20-11-16(24-19)15-5-4-9-25(13-15)18-6-7-21-14(2)23-18/h6-8,10-12,15H,3-5,9,13H2,1-2H3/t15-/m1/s1. The van der Waals surface area contributed by atoms with Crippen molar-refractivity contribution in [3.8, 4) is 5.82 Å². The zero-order chi connectivity index (χ0) is 17.9. The van der Waals surface area contributed by atoms with Crippen LogP contribution in [0, 0.1) is 6.92 Å². The van der Waals surface area contributed by atoms with Crippen LogP contribution in [-0.4, -0.2) is 42.6 Å². The van der Waals surface area contributed by atoms with E-state index in [0.29, 0.717) is 5.92 Å². The van der Waals surface area contributed by atoms with Crippen LogP contribution in [-0.2, 0) is 6.42 Å². The van der Waals surface area contributed by atoms with Gasteiger partial charge in [-0.2, -0.15) is 0 Å². The second-order valence-electron chi connectivity index (χ2n) is 6.62. The zero-order valence-corrected chi connectivity index (χ0v) is 15.2. The van der Waals surface area contributed by atoms with Gasteiger partial charge in [0.15, 0.2) is 5.82 Å². The van der Waals surface area contributed by atoms with Crippen molar-refractivity contribution < 1.29 is 0 Å². The SMILES string of the molecule is CCc1nccn1-c1cncc([C@@H]2CCCN(c3ccnc(C)n3)C2)n1. The molecule has 3 aromatic rings. The topological polar surface area (TPSA) is 72.6 Å². The maximum atomic E-state index is 4.89. The highest BCUT2D eigenvalue weighted by atomic mass is 15.2. The van der Waals surface area contributed by atoms with Gasteiger partial charge in [-0.15, -0.1) is 0 Å². The average molecular weight is 349 g/mol. The van der Waals surface area contributed by atoms with E-state index in [2.05, 4.69) is 31.8 Å². The van der Waals surface area contributed by atoms with E-state index in [4.69, 9.17) is 4.98 Å². The largest absolute Gasteiger partial charge is 0.356 e. The van der Waals surface area contributed by atoms with Gasteiger partial charge in [-0.25, -0.2) is 19.9 Å². The summed E-state index contributed by atoms with van der Waals surface area (Å²) in [6.45, 7) is 5.94. The van der Waals surface area contributed by atoms with Crippen LogP contribution < -0.4 is 4.90 Å². The first-order valence-corrected chi connectivity index (χ1v) is 9.13. The molecule has 0 aromatic carbocycles. The molecule has 0 bridgehead atoms. The quantitative estimate of drug-likeness (QED) is 0.721. The number of rotatable bonds is 4. The van der Waals surface area contributed by atoms with Crippen LogP contribution in [0.4, 0.5) is 5.82 Å². The van der Waals surface area contributed by atoms with Gasteiger partial charge in [0.2, 0.25) is 0 Å². The Hall–Kier alpha value is -2.83. The fourth-order valence-electron chi connectivity index (χ4n) is 3.53. The summed E-state index contributed by atoms with van der Waals surface area (Å²) in [5.74, 6) is 3.98. The Kier molecular flexibility index (Phi) is 4.60. The predicted octanol–water partition coefficient (Wildman–Crippen LogP) is 2.71. The molecule has 1 aliphatic rings. The van der Waals surface area contributed by atoms with Crippen LogP contribution in [0.2, 0.25) is 0 Å². The van der Waals surface area contributed by atoms with E-state index in [1.165, 1.54) is 0 Å². The molecule has 1 aliphatic heterocycles. The second kappa shape index (κ2) is 7.19. The number of hydrogen-bond acceptors (Lipinski definition) is 6. The highest BCUT2D eigenvalue weighted by Crippen LogP contribution is 2.28. The lowest BCUT2D eigenvalue weighted by Crippen LogP contribution is -2.35. The molecule has 0 aliphatic carbocycles. The Bertz CT molecular complexity index is 889. The molecule has 7 heteroatoms. The normalized spacial score (nSPS) is 17.5.